The third-order valence-electron chi connectivity index (χ3n) is 3.27. The van der Waals surface area contributed by atoms with Gasteiger partial charge in [0.05, 0.1) is 16.9 Å². The van der Waals surface area contributed by atoms with Gasteiger partial charge in [0.25, 0.3) is 0 Å². The standard InChI is InChI=1S/C16H16BrN3/c1-16(2,3)14-10-15(17)20(19-14)12-6-7-13-11(9-12)5-4-8-18-13/h4-10H,1-3H3. The van der Waals surface area contributed by atoms with Gasteiger partial charge in [-0.2, -0.15) is 5.10 Å². The van der Waals surface area contributed by atoms with E-state index in [1.165, 1.54) is 0 Å². The van der Waals surface area contributed by atoms with Crippen LogP contribution in [0.5, 0.6) is 0 Å². The average Bonchev–Trinajstić information content (AvgIpc) is 2.80. The molecule has 3 aromatic rings. The van der Waals surface area contributed by atoms with E-state index in [-0.39, 0.29) is 5.41 Å². The fourth-order valence-corrected chi connectivity index (χ4v) is 2.60. The summed E-state index contributed by atoms with van der Waals surface area (Å²) < 4.78 is 2.89. The van der Waals surface area contributed by atoms with E-state index in [9.17, 15) is 0 Å². The second-order valence-electron chi connectivity index (χ2n) is 5.89. The Morgan fingerprint density at radius 2 is 1.90 bits per heavy atom. The van der Waals surface area contributed by atoms with E-state index in [0.717, 1.165) is 26.9 Å². The molecule has 0 aliphatic heterocycles. The van der Waals surface area contributed by atoms with Gasteiger partial charge in [-0.05, 0) is 46.3 Å². The van der Waals surface area contributed by atoms with Crippen molar-refractivity contribution in [3.8, 4) is 5.69 Å². The molecule has 0 amide bonds. The molecule has 0 atom stereocenters. The van der Waals surface area contributed by atoms with Crippen LogP contribution in [-0.2, 0) is 5.41 Å². The summed E-state index contributed by atoms with van der Waals surface area (Å²) in [5.74, 6) is 0. The zero-order valence-corrected chi connectivity index (χ0v) is 13.3. The lowest BCUT2D eigenvalue weighted by molar-refractivity contribution is 0.560. The first-order valence-corrected chi connectivity index (χ1v) is 7.36. The normalized spacial score (nSPS) is 12.0. The van der Waals surface area contributed by atoms with E-state index in [2.05, 4.69) is 59.9 Å². The van der Waals surface area contributed by atoms with Crippen molar-refractivity contribution in [2.45, 2.75) is 26.2 Å². The molecule has 2 heterocycles. The topological polar surface area (TPSA) is 30.7 Å². The van der Waals surface area contributed by atoms with E-state index >= 15 is 0 Å². The Balaban J connectivity index is 2.13. The van der Waals surface area contributed by atoms with Gasteiger partial charge in [0, 0.05) is 17.0 Å². The Morgan fingerprint density at radius 3 is 2.60 bits per heavy atom. The highest BCUT2D eigenvalue weighted by atomic mass is 79.9. The summed E-state index contributed by atoms with van der Waals surface area (Å²) in [4.78, 5) is 4.34. The molecule has 1 aromatic carbocycles. The number of nitrogens with zero attached hydrogens (tertiary/aromatic N) is 3. The molecule has 0 radical (unpaired) electrons. The van der Waals surface area contributed by atoms with E-state index < -0.39 is 0 Å². The lowest BCUT2D eigenvalue weighted by atomic mass is 9.93. The van der Waals surface area contributed by atoms with E-state index in [1.54, 1.807) is 0 Å². The SMILES string of the molecule is CC(C)(C)c1cc(Br)n(-c2ccc3ncccc3c2)n1. The molecular formula is C16H16BrN3. The summed E-state index contributed by atoms with van der Waals surface area (Å²) in [6.07, 6.45) is 1.81. The zero-order chi connectivity index (χ0) is 14.3. The van der Waals surface area contributed by atoms with E-state index in [4.69, 9.17) is 5.10 Å². The van der Waals surface area contributed by atoms with E-state index in [0.29, 0.717) is 0 Å². The quantitative estimate of drug-likeness (QED) is 0.659. The minimum atomic E-state index is 0.0339. The Bertz CT molecular complexity index is 769. The first kappa shape index (κ1) is 13.3. The Hall–Kier alpha value is -1.68. The summed E-state index contributed by atoms with van der Waals surface area (Å²) in [6, 6.07) is 12.3. The molecular weight excluding hydrogens is 314 g/mol. The van der Waals surface area contributed by atoms with Crippen molar-refractivity contribution in [3.63, 3.8) is 0 Å². The minimum Gasteiger partial charge on any atom is -0.256 e. The first-order chi connectivity index (χ1) is 9.45. The summed E-state index contributed by atoms with van der Waals surface area (Å²) in [7, 11) is 0. The molecule has 3 rings (SSSR count). The Morgan fingerprint density at radius 1 is 1.10 bits per heavy atom. The number of halogens is 1. The predicted octanol–water partition coefficient (Wildman–Crippen LogP) is 4.48. The van der Waals surface area contributed by atoms with Crippen LogP contribution >= 0.6 is 15.9 Å². The van der Waals surface area contributed by atoms with Gasteiger partial charge in [-0.25, -0.2) is 4.68 Å². The van der Waals surface area contributed by atoms with Gasteiger partial charge in [-0.15, -0.1) is 0 Å². The number of hydrogen-bond acceptors (Lipinski definition) is 2. The van der Waals surface area contributed by atoms with Crippen LogP contribution in [0.15, 0.2) is 47.2 Å². The average molecular weight is 330 g/mol. The van der Waals surface area contributed by atoms with Gasteiger partial charge < -0.3 is 0 Å². The second kappa shape index (κ2) is 4.70. The van der Waals surface area contributed by atoms with Crippen molar-refractivity contribution >= 4 is 26.8 Å². The third kappa shape index (κ3) is 2.36. The van der Waals surface area contributed by atoms with Gasteiger partial charge in [0.15, 0.2) is 0 Å². The Labute approximate surface area is 126 Å². The smallest absolute Gasteiger partial charge is 0.110 e. The van der Waals surface area contributed by atoms with Gasteiger partial charge in [-0.3, -0.25) is 4.98 Å². The van der Waals surface area contributed by atoms with Crippen molar-refractivity contribution < 1.29 is 0 Å². The van der Waals surface area contributed by atoms with Crippen molar-refractivity contribution in [2.24, 2.45) is 0 Å². The van der Waals surface area contributed by atoms with Crippen LogP contribution in [0.3, 0.4) is 0 Å². The molecule has 0 N–H and O–H groups in total. The predicted molar refractivity (Wildman–Crippen MR) is 85.3 cm³/mol. The van der Waals surface area contributed by atoms with Crippen LogP contribution < -0.4 is 0 Å². The van der Waals surface area contributed by atoms with Crippen molar-refractivity contribution in [1.29, 1.82) is 0 Å². The number of hydrogen-bond donors (Lipinski definition) is 0. The van der Waals surface area contributed by atoms with Gasteiger partial charge in [0.1, 0.15) is 4.60 Å². The number of rotatable bonds is 1. The maximum atomic E-state index is 4.71. The largest absolute Gasteiger partial charge is 0.256 e. The molecule has 0 aliphatic rings. The van der Waals surface area contributed by atoms with Crippen molar-refractivity contribution in [1.82, 2.24) is 14.8 Å². The molecule has 4 heteroatoms. The third-order valence-corrected chi connectivity index (χ3v) is 3.83. The summed E-state index contributed by atoms with van der Waals surface area (Å²) in [5.41, 5.74) is 3.13. The van der Waals surface area contributed by atoms with Crippen LogP contribution in [0, 0.1) is 0 Å². The molecule has 20 heavy (non-hydrogen) atoms. The molecule has 0 fully saturated rings. The minimum absolute atomic E-state index is 0.0339. The summed E-state index contributed by atoms with van der Waals surface area (Å²) in [5, 5.41) is 5.82. The molecule has 0 bridgehead atoms. The molecule has 0 unspecified atom stereocenters. The molecule has 0 spiro atoms. The highest BCUT2D eigenvalue weighted by Gasteiger charge is 2.19. The highest BCUT2D eigenvalue weighted by molar-refractivity contribution is 9.10. The summed E-state index contributed by atoms with van der Waals surface area (Å²) >= 11 is 3.60. The molecule has 0 saturated heterocycles. The van der Waals surface area contributed by atoms with Gasteiger partial charge in [0.2, 0.25) is 0 Å². The fraction of sp³-hybridized carbons (Fsp3) is 0.250. The maximum Gasteiger partial charge on any atom is 0.110 e. The summed E-state index contributed by atoms with van der Waals surface area (Å²) in [6.45, 7) is 6.49. The van der Waals surface area contributed by atoms with Crippen LogP contribution in [-0.4, -0.2) is 14.8 Å². The zero-order valence-electron chi connectivity index (χ0n) is 11.8. The highest BCUT2D eigenvalue weighted by Crippen LogP contribution is 2.27. The van der Waals surface area contributed by atoms with Gasteiger partial charge >= 0.3 is 0 Å². The molecule has 102 valence electrons. The number of benzene rings is 1. The Kier molecular flexibility index (Phi) is 3.13. The van der Waals surface area contributed by atoms with Gasteiger partial charge in [-0.1, -0.05) is 26.8 Å². The number of aromatic nitrogens is 3. The molecule has 3 nitrogen and oxygen atoms in total. The lowest BCUT2D eigenvalue weighted by Crippen LogP contribution is -2.12. The fourth-order valence-electron chi connectivity index (χ4n) is 2.10. The number of fused-ring (bicyclic) bond motifs is 1. The van der Waals surface area contributed by atoms with Crippen LogP contribution in [0.1, 0.15) is 26.5 Å². The van der Waals surface area contributed by atoms with Crippen LogP contribution in [0.25, 0.3) is 16.6 Å². The first-order valence-electron chi connectivity index (χ1n) is 6.56. The van der Waals surface area contributed by atoms with Crippen LogP contribution in [0.2, 0.25) is 0 Å². The maximum absolute atomic E-state index is 4.71. The lowest BCUT2D eigenvalue weighted by Gasteiger charge is -2.14. The molecule has 0 saturated carbocycles. The van der Waals surface area contributed by atoms with Crippen molar-refractivity contribution in [3.05, 3.63) is 52.9 Å². The second-order valence-corrected chi connectivity index (χ2v) is 6.71. The number of pyridine rings is 1. The van der Waals surface area contributed by atoms with Crippen LogP contribution in [0.4, 0.5) is 0 Å². The van der Waals surface area contributed by atoms with Crippen molar-refractivity contribution in [2.75, 3.05) is 0 Å². The molecule has 0 aliphatic carbocycles. The van der Waals surface area contributed by atoms with E-state index in [1.807, 2.05) is 29.1 Å². The molecule has 2 aromatic heterocycles. The monoisotopic (exact) mass is 329 g/mol.